The van der Waals surface area contributed by atoms with Crippen molar-refractivity contribution >= 4 is 39.9 Å². The van der Waals surface area contributed by atoms with Gasteiger partial charge in [0.15, 0.2) is 15.8 Å². The van der Waals surface area contributed by atoms with Gasteiger partial charge in [0.25, 0.3) is 5.91 Å². The van der Waals surface area contributed by atoms with Gasteiger partial charge in [0.05, 0.1) is 19.0 Å². The average Bonchev–Trinajstić information content (AvgIpc) is 3.25. The van der Waals surface area contributed by atoms with Gasteiger partial charge in [0.1, 0.15) is 10.7 Å². The lowest BCUT2D eigenvalue weighted by Gasteiger charge is -2.12. The molecule has 7 nitrogen and oxygen atoms in total. The zero-order valence-corrected chi connectivity index (χ0v) is 20.8. The summed E-state index contributed by atoms with van der Waals surface area (Å²) in [6.07, 6.45) is 1.63. The van der Waals surface area contributed by atoms with Gasteiger partial charge in [-0.05, 0) is 32.0 Å². The maximum absolute atomic E-state index is 13.1. The molecule has 3 rings (SSSR count). The highest BCUT2D eigenvalue weighted by molar-refractivity contribution is 8.01. The van der Waals surface area contributed by atoms with Crippen molar-refractivity contribution in [2.24, 2.45) is 0 Å². The summed E-state index contributed by atoms with van der Waals surface area (Å²) in [7, 11) is 0. The summed E-state index contributed by atoms with van der Waals surface area (Å²) in [6.45, 7) is 8.74. The predicted molar refractivity (Wildman–Crippen MR) is 138 cm³/mol. The summed E-state index contributed by atoms with van der Waals surface area (Å²) >= 11 is 2.65. The second-order valence-corrected chi connectivity index (χ2v) is 9.11. The molecule has 0 aliphatic heterocycles. The third-order valence-corrected chi connectivity index (χ3v) is 6.57. The SMILES string of the molecule is C=CCNC(=O)CSc1nc(-c2ccccc2)c(NC(=O)c2ccc(OCC)c(OCC)c2)s1. The van der Waals surface area contributed by atoms with Crippen LogP contribution in [-0.2, 0) is 4.79 Å². The third-order valence-electron chi connectivity index (χ3n) is 4.46. The van der Waals surface area contributed by atoms with Crippen LogP contribution in [0.15, 0.2) is 65.5 Å². The van der Waals surface area contributed by atoms with E-state index in [2.05, 4.69) is 22.2 Å². The molecule has 34 heavy (non-hydrogen) atoms. The molecule has 0 atom stereocenters. The van der Waals surface area contributed by atoms with E-state index >= 15 is 0 Å². The average molecular weight is 498 g/mol. The molecule has 0 saturated heterocycles. The Morgan fingerprint density at radius 3 is 2.53 bits per heavy atom. The van der Waals surface area contributed by atoms with Gasteiger partial charge in [-0.25, -0.2) is 4.98 Å². The van der Waals surface area contributed by atoms with E-state index in [4.69, 9.17) is 9.47 Å². The van der Waals surface area contributed by atoms with E-state index in [1.54, 1.807) is 24.3 Å². The Morgan fingerprint density at radius 1 is 1.09 bits per heavy atom. The van der Waals surface area contributed by atoms with Crippen LogP contribution in [0.1, 0.15) is 24.2 Å². The number of aromatic nitrogens is 1. The predicted octanol–water partition coefficient (Wildman–Crippen LogP) is 5.25. The number of anilines is 1. The second-order valence-electron chi connectivity index (χ2n) is 6.89. The number of hydrogen-bond donors (Lipinski definition) is 2. The topological polar surface area (TPSA) is 89.6 Å². The molecule has 0 fully saturated rings. The number of carbonyl (C=O) groups is 2. The van der Waals surface area contributed by atoms with Crippen molar-refractivity contribution in [3.63, 3.8) is 0 Å². The van der Waals surface area contributed by atoms with Crippen LogP contribution in [0.25, 0.3) is 11.3 Å². The maximum atomic E-state index is 13.1. The molecule has 9 heteroatoms. The number of ether oxygens (including phenoxy) is 2. The number of carbonyl (C=O) groups excluding carboxylic acids is 2. The minimum absolute atomic E-state index is 0.107. The summed E-state index contributed by atoms with van der Waals surface area (Å²) in [4.78, 5) is 29.8. The van der Waals surface area contributed by atoms with Gasteiger partial charge < -0.3 is 20.1 Å². The molecule has 0 aliphatic rings. The van der Waals surface area contributed by atoms with Gasteiger partial charge in [0.2, 0.25) is 5.91 Å². The zero-order valence-electron chi connectivity index (χ0n) is 19.1. The molecule has 178 valence electrons. The van der Waals surface area contributed by atoms with Gasteiger partial charge in [0, 0.05) is 17.7 Å². The number of thiazole rings is 1. The first-order valence-corrected chi connectivity index (χ1v) is 12.6. The highest BCUT2D eigenvalue weighted by atomic mass is 32.2. The van der Waals surface area contributed by atoms with Gasteiger partial charge in [-0.1, -0.05) is 59.5 Å². The summed E-state index contributed by atoms with van der Waals surface area (Å²) in [6, 6.07) is 14.7. The van der Waals surface area contributed by atoms with E-state index in [-0.39, 0.29) is 17.6 Å². The number of rotatable bonds is 12. The van der Waals surface area contributed by atoms with E-state index in [1.807, 2.05) is 44.2 Å². The van der Waals surface area contributed by atoms with Crippen LogP contribution in [0, 0.1) is 0 Å². The van der Waals surface area contributed by atoms with Gasteiger partial charge in [-0.2, -0.15) is 0 Å². The zero-order chi connectivity index (χ0) is 24.3. The molecule has 0 bridgehead atoms. The highest BCUT2D eigenvalue weighted by Gasteiger charge is 2.19. The minimum atomic E-state index is -0.287. The Balaban J connectivity index is 1.84. The first kappa shape index (κ1) is 25.3. The van der Waals surface area contributed by atoms with Gasteiger partial charge in [-0.3, -0.25) is 9.59 Å². The molecule has 0 radical (unpaired) electrons. The van der Waals surface area contributed by atoms with E-state index in [0.29, 0.717) is 51.9 Å². The third kappa shape index (κ3) is 6.85. The van der Waals surface area contributed by atoms with Crippen LogP contribution < -0.4 is 20.1 Å². The first-order chi connectivity index (χ1) is 16.5. The Bertz CT molecular complexity index is 1130. The fraction of sp³-hybridized carbons (Fsp3) is 0.240. The van der Waals surface area contributed by atoms with Crippen molar-refractivity contribution in [2.45, 2.75) is 18.2 Å². The van der Waals surface area contributed by atoms with Crippen LogP contribution in [0.4, 0.5) is 5.00 Å². The van der Waals surface area contributed by atoms with E-state index in [9.17, 15) is 9.59 Å². The molecule has 3 aromatic rings. The Kier molecular flexibility index (Phi) is 9.54. The van der Waals surface area contributed by atoms with Crippen molar-refractivity contribution in [3.8, 4) is 22.8 Å². The van der Waals surface area contributed by atoms with Gasteiger partial charge >= 0.3 is 0 Å². The fourth-order valence-corrected chi connectivity index (χ4v) is 4.86. The fourth-order valence-electron chi connectivity index (χ4n) is 2.97. The maximum Gasteiger partial charge on any atom is 0.256 e. The van der Waals surface area contributed by atoms with Crippen LogP contribution in [0.5, 0.6) is 11.5 Å². The molecule has 2 aromatic carbocycles. The Labute approximate surface area is 207 Å². The lowest BCUT2D eigenvalue weighted by atomic mass is 10.1. The normalized spacial score (nSPS) is 10.4. The summed E-state index contributed by atoms with van der Waals surface area (Å²) in [5.41, 5.74) is 1.97. The second kappa shape index (κ2) is 12.8. The molecular weight excluding hydrogens is 470 g/mol. The molecule has 1 heterocycles. The van der Waals surface area contributed by atoms with Crippen LogP contribution in [0.3, 0.4) is 0 Å². The van der Waals surface area contributed by atoms with Crippen LogP contribution in [-0.4, -0.2) is 42.3 Å². The lowest BCUT2D eigenvalue weighted by molar-refractivity contribution is -0.118. The highest BCUT2D eigenvalue weighted by Crippen LogP contribution is 2.38. The molecule has 0 spiro atoms. The Morgan fingerprint density at radius 2 is 1.82 bits per heavy atom. The molecular formula is C25H27N3O4S2. The molecule has 2 amide bonds. The number of amides is 2. The molecule has 0 saturated carbocycles. The number of benzene rings is 2. The number of nitrogens with zero attached hydrogens (tertiary/aromatic N) is 1. The largest absolute Gasteiger partial charge is 0.490 e. The standard InChI is InChI=1S/C25H27N3O4S2/c1-4-14-26-21(29)16-33-25-27-22(17-10-8-7-9-11-17)24(34-25)28-23(30)18-12-13-19(31-5-2)20(15-18)32-6-3/h4,7-13,15H,1,5-6,14,16H2,2-3H3,(H,26,29)(H,28,30). The van der Waals surface area contributed by atoms with E-state index < -0.39 is 0 Å². The minimum Gasteiger partial charge on any atom is -0.490 e. The van der Waals surface area contributed by atoms with Crippen molar-refractivity contribution in [2.75, 3.05) is 30.8 Å². The van der Waals surface area contributed by atoms with Crippen molar-refractivity contribution in [3.05, 3.63) is 66.7 Å². The van der Waals surface area contributed by atoms with Crippen molar-refractivity contribution in [1.82, 2.24) is 10.3 Å². The Hall–Kier alpha value is -3.30. The number of thioether (sulfide) groups is 1. The molecule has 0 aliphatic carbocycles. The molecule has 2 N–H and O–H groups in total. The number of hydrogen-bond acceptors (Lipinski definition) is 7. The van der Waals surface area contributed by atoms with E-state index in [0.717, 1.165) is 5.56 Å². The van der Waals surface area contributed by atoms with Gasteiger partial charge in [-0.15, -0.1) is 6.58 Å². The summed E-state index contributed by atoms with van der Waals surface area (Å²) in [5.74, 6) is 0.942. The van der Waals surface area contributed by atoms with Crippen molar-refractivity contribution in [1.29, 1.82) is 0 Å². The van der Waals surface area contributed by atoms with Crippen LogP contribution in [0.2, 0.25) is 0 Å². The summed E-state index contributed by atoms with van der Waals surface area (Å²) in [5, 5.41) is 6.34. The summed E-state index contributed by atoms with van der Waals surface area (Å²) < 4.78 is 11.9. The monoisotopic (exact) mass is 497 g/mol. The van der Waals surface area contributed by atoms with Crippen molar-refractivity contribution < 1.29 is 19.1 Å². The number of nitrogens with one attached hydrogen (secondary N) is 2. The molecule has 1 aromatic heterocycles. The first-order valence-electron chi connectivity index (χ1n) is 10.8. The lowest BCUT2D eigenvalue weighted by Crippen LogP contribution is -2.24. The van der Waals surface area contributed by atoms with E-state index in [1.165, 1.54) is 23.1 Å². The smallest absolute Gasteiger partial charge is 0.256 e. The van der Waals surface area contributed by atoms with Crippen LogP contribution >= 0.6 is 23.1 Å². The quantitative estimate of drug-likeness (QED) is 0.262. The molecule has 0 unspecified atom stereocenters.